The van der Waals surface area contributed by atoms with Crippen LogP contribution < -0.4 is 15.4 Å². The van der Waals surface area contributed by atoms with E-state index in [1.807, 2.05) is 12.1 Å². The molecular formula is C27H29FN5O3-. The second-order valence-electron chi connectivity index (χ2n) is 8.49. The number of carbonyl (C=O) groups excluding carboxylic acids is 1. The topological polar surface area (TPSA) is 109 Å². The van der Waals surface area contributed by atoms with Crippen LogP contribution in [0.1, 0.15) is 34.8 Å². The van der Waals surface area contributed by atoms with Gasteiger partial charge in [-0.25, -0.2) is 9.37 Å². The lowest BCUT2D eigenvalue weighted by molar-refractivity contribution is 0.0903. The molecule has 2 heterocycles. The Morgan fingerprint density at radius 1 is 1.22 bits per heavy atom. The van der Waals surface area contributed by atoms with Crippen molar-refractivity contribution in [2.45, 2.75) is 24.9 Å². The third-order valence-electron chi connectivity index (χ3n) is 6.06. The Morgan fingerprint density at radius 2 is 2.03 bits per heavy atom. The van der Waals surface area contributed by atoms with Gasteiger partial charge in [0.05, 0.1) is 13.2 Å². The minimum absolute atomic E-state index is 0.0615. The average Bonchev–Trinajstić information content (AvgIpc) is 2.90. The van der Waals surface area contributed by atoms with Crippen molar-refractivity contribution in [1.82, 2.24) is 10.3 Å². The number of allylic oxidation sites excluding steroid dienone is 1. The average molecular weight is 491 g/mol. The number of hydrogen-bond acceptors (Lipinski definition) is 6. The lowest BCUT2D eigenvalue weighted by Crippen LogP contribution is -2.29. The molecule has 0 bridgehead atoms. The maximum Gasteiger partial charge on any atom is 0.251 e. The number of anilines is 1. The zero-order valence-electron chi connectivity index (χ0n) is 20.3. The molecule has 1 atom stereocenters. The number of rotatable bonds is 8. The number of aromatic nitrogens is 1. The largest absolute Gasteiger partial charge is 0.700 e. The molecule has 4 rings (SSSR count). The molecule has 0 radical (unpaired) electrons. The molecule has 188 valence electrons. The normalized spacial score (nSPS) is 15.7. The number of benzene rings is 2. The number of pyridine rings is 1. The van der Waals surface area contributed by atoms with E-state index in [-0.39, 0.29) is 17.4 Å². The molecule has 0 aliphatic carbocycles. The first-order valence-electron chi connectivity index (χ1n) is 11.7. The number of ether oxygens (including phenoxy) is 2. The van der Waals surface area contributed by atoms with Gasteiger partial charge in [-0.15, -0.1) is 5.70 Å². The fourth-order valence-corrected chi connectivity index (χ4v) is 4.08. The molecule has 3 aromatic rings. The minimum atomic E-state index is -0.880. The number of halogens is 1. The standard InChI is InChI=1S/C27H30FN5O3/c1-30-10-7-23(29)26(17-5-6-24(35-2)22(28)14-17)33-27(34)18-3-4-19-16-31-25(15-20(19)13-18)32-21-8-11-36-12-9-21/h3-7,10,13-16,21,26H,8-9,11-12H2,1-2H3,(H4,29,30,31,32,33,34)/p-1/t26-/m0/s1. The van der Waals surface area contributed by atoms with Gasteiger partial charge in [-0.2, -0.15) is 0 Å². The number of hydrogen-bond donors (Lipinski definition) is 2. The van der Waals surface area contributed by atoms with Crippen LogP contribution in [0.5, 0.6) is 5.75 Å². The minimum Gasteiger partial charge on any atom is -0.700 e. The van der Waals surface area contributed by atoms with E-state index in [0.29, 0.717) is 17.2 Å². The first-order chi connectivity index (χ1) is 17.5. The number of carbonyl (C=O) groups is 1. The first kappa shape index (κ1) is 25.1. The number of amides is 1. The third-order valence-corrected chi connectivity index (χ3v) is 6.06. The zero-order chi connectivity index (χ0) is 25.5. The van der Waals surface area contributed by atoms with Gasteiger partial charge in [0.15, 0.2) is 11.6 Å². The number of nitrogens with zero attached hydrogens (tertiary/aromatic N) is 2. The van der Waals surface area contributed by atoms with Gasteiger partial charge < -0.3 is 25.8 Å². The van der Waals surface area contributed by atoms with E-state index in [9.17, 15) is 9.18 Å². The highest BCUT2D eigenvalue weighted by Gasteiger charge is 2.18. The van der Waals surface area contributed by atoms with Gasteiger partial charge in [-0.05, 0) is 54.1 Å². The Labute approximate surface area is 209 Å². The molecule has 1 aliphatic rings. The predicted octanol–water partition coefficient (Wildman–Crippen LogP) is 5.08. The van der Waals surface area contributed by atoms with Crippen LogP contribution in [0.2, 0.25) is 0 Å². The van der Waals surface area contributed by atoms with Crippen LogP contribution in [0.15, 0.2) is 65.4 Å². The van der Waals surface area contributed by atoms with Gasteiger partial charge in [0.2, 0.25) is 0 Å². The highest BCUT2D eigenvalue weighted by Crippen LogP contribution is 2.28. The maximum absolute atomic E-state index is 14.4. The number of nitrogens with one attached hydrogen (secondary N) is 3. The van der Waals surface area contributed by atoms with E-state index in [1.165, 1.54) is 31.5 Å². The van der Waals surface area contributed by atoms with Crippen LogP contribution >= 0.6 is 0 Å². The SMILES string of the molecule is CN=C/C=C(\[NH-])[C@@H](NC(=O)c1ccc2cnc(NC3CCOCC3)cc2c1)c1ccc(OC)c(F)c1. The summed E-state index contributed by atoms with van der Waals surface area (Å²) in [7, 11) is 2.96. The molecule has 9 heteroatoms. The molecular weight excluding hydrogens is 461 g/mol. The fourth-order valence-electron chi connectivity index (χ4n) is 4.08. The van der Waals surface area contributed by atoms with Gasteiger partial charge >= 0.3 is 0 Å². The summed E-state index contributed by atoms with van der Waals surface area (Å²) in [5.74, 6) is -0.133. The van der Waals surface area contributed by atoms with Crippen LogP contribution in [-0.2, 0) is 4.74 Å². The van der Waals surface area contributed by atoms with Crippen LogP contribution in [0.4, 0.5) is 10.2 Å². The Morgan fingerprint density at radius 3 is 2.75 bits per heavy atom. The summed E-state index contributed by atoms with van der Waals surface area (Å²) < 4.78 is 24.8. The Kier molecular flexibility index (Phi) is 8.12. The van der Waals surface area contributed by atoms with E-state index < -0.39 is 11.9 Å². The maximum atomic E-state index is 14.4. The smallest absolute Gasteiger partial charge is 0.251 e. The van der Waals surface area contributed by atoms with Gasteiger partial charge in [0.25, 0.3) is 5.91 Å². The predicted molar refractivity (Wildman–Crippen MR) is 139 cm³/mol. The molecule has 8 nitrogen and oxygen atoms in total. The van der Waals surface area contributed by atoms with E-state index in [4.69, 9.17) is 15.2 Å². The Bertz CT molecular complexity index is 1290. The Hall–Kier alpha value is -3.98. The monoisotopic (exact) mass is 490 g/mol. The number of fused-ring (bicyclic) bond motifs is 1. The summed E-state index contributed by atoms with van der Waals surface area (Å²) in [4.78, 5) is 21.6. The van der Waals surface area contributed by atoms with Crippen molar-refractivity contribution in [3.05, 3.63) is 83.1 Å². The van der Waals surface area contributed by atoms with Crippen LogP contribution in [-0.4, -0.2) is 50.5 Å². The molecule has 1 amide bonds. The molecule has 36 heavy (non-hydrogen) atoms. The molecule has 0 saturated carbocycles. The third kappa shape index (κ3) is 5.98. The molecule has 1 saturated heterocycles. The van der Waals surface area contributed by atoms with Crippen molar-refractivity contribution >= 4 is 28.7 Å². The molecule has 0 unspecified atom stereocenters. The fraction of sp³-hybridized carbons (Fsp3) is 0.296. The number of methoxy groups -OCH3 is 1. The van der Waals surface area contributed by atoms with Crippen LogP contribution in [0, 0.1) is 5.82 Å². The first-order valence-corrected chi connectivity index (χ1v) is 11.7. The molecule has 0 spiro atoms. The van der Waals surface area contributed by atoms with Crippen molar-refractivity contribution in [2.75, 3.05) is 32.7 Å². The van der Waals surface area contributed by atoms with Crippen LogP contribution in [0.3, 0.4) is 0 Å². The van der Waals surface area contributed by atoms with Crippen molar-refractivity contribution in [1.29, 1.82) is 0 Å². The summed E-state index contributed by atoms with van der Waals surface area (Å²) in [5.41, 5.74) is 9.35. The molecule has 3 N–H and O–H groups in total. The summed E-state index contributed by atoms with van der Waals surface area (Å²) in [6, 6.07) is 11.0. The molecule has 1 aliphatic heterocycles. The quantitative estimate of drug-likeness (QED) is 0.428. The summed E-state index contributed by atoms with van der Waals surface area (Å²) in [6.45, 7) is 1.46. The molecule has 1 aromatic heterocycles. The molecule has 1 fully saturated rings. The van der Waals surface area contributed by atoms with E-state index in [2.05, 4.69) is 20.6 Å². The van der Waals surface area contributed by atoms with Crippen molar-refractivity contribution < 1.29 is 18.7 Å². The van der Waals surface area contributed by atoms with Crippen molar-refractivity contribution in [2.24, 2.45) is 4.99 Å². The second kappa shape index (κ2) is 11.6. The second-order valence-corrected chi connectivity index (χ2v) is 8.49. The van der Waals surface area contributed by atoms with E-state index in [0.717, 1.165) is 42.6 Å². The lowest BCUT2D eigenvalue weighted by atomic mass is 10.0. The van der Waals surface area contributed by atoms with Gasteiger partial charge in [-0.1, -0.05) is 18.2 Å². The highest BCUT2D eigenvalue weighted by molar-refractivity contribution is 5.99. The molecule has 2 aromatic carbocycles. The highest BCUT2D eigenvalue weighted by atomic mass is 19.1. The number of aliphatic imine (C=N–C) groups is 1. The van der Waals surface area contributed by atoms with E-state index in [1.54, 1.807) is 31.4 Å². The summed E-state index contributed by atoms with van der Waals surface area (Å²) in [6.07, 6.45) is 6.53. The zero-order valence-corrected chi connectivity index (χ0v) is 20.3. The van der Waals surface area contributed by atoms with Gasteiger partial charge in [0, 0.05) is 49.7 Å². The Balaban J connectivity index is 1.59. The summed E-state index contributed by atoms with van der Waals surface area (Å²) in [5, 5.41) is 8.06. The van der Waals surface area contributed by atoms with Gasteiger partial charge in [-0.3, -0.25) is 9.79 Å². The van der Waals surface area contributed by atoms with E-state index >= 15 is 0 Å². The summed E-state index contributed by atoms with van der Waals surface area (Å²) >= 11 is 0. The van der Waals surface area contributed by atoms with Crippen molar-refractivity contribution in [3.8, 4) is 5.75 Å². The van der Waals surface area contributed by atoms with Crippen LogP contribution in [0.25, 0.3) is 16.5 Å². The van der Waals surface area contributed by atoms with Gasteiger partial charge in [0.1, 0.15) is 5.82 Å². The van der Waals surface area contributed by atoms with Crippen molar-refractivity contribution in [3.63, 3.8) is 0 Å². The lowest BCUT2D eigenvalue weighted by Gasteiger charge is -2.26.